The summed E-state index contributed by atoms with van der Waals surface area (Å²) < 4.78 is 6.39. The molecule has 0 radical (unpaired) electrons. The summed E-state index contributed by atoms with van der Waals surface area (Å²) in [5.41, 5.74) is 5.41. The summed E-state index contributed by atoms with van der Waals surface area (Å²) in [4.78, 5) is 13.0. The maximum absolute atomic E-state index is 13.0. The molecule has 2 unspecified atom stereocenters. The van der Waals surface area contributed by atoms with Gasteiger partial charge in [0, 0.05) is 17.4 Å². The first-order chi connectivity index (χ1) is 11.7. The van der Waals surface area contributed by atoms with E-state index in [1.165, 1.54) is 0 Å². The Morgan fingerprint density at radius 1 is 1.15 bits per heavy atom. The normalized spacial score (nSPS) is 18.8. The number of hydrogen-bond acceptors (Lipinski definition) is 2. The number of hydrogen-bond donors (Lipinski definition) is 0. The quantitative estimate of drug-likeness (QED) is 0.474. The van der Waals surface area contributed by atoms with Crippen LogP contribution < -0.4 is 4.43 Å². The van der Waals surface area contributed by atoms with E-state index in [-0.39, 0.29) is 22.7 Å². The highest BCUT2D eigenvalue weighted by Crippen LogP contribution is 2.39. The number of ketones is 1. The van der Waals surface area contributed by atoms with Crippen molar-refractivity contribution in [3.8, 4) is 17.2 Å². The van der Waals surface area contributed by atoms with Gasteiger partial charge in [-0.25, -0.2) is 0 Å². The third-order valence-electron chi connectivity index (χ3n) is 5.58. The van der Waals surface area contributed by atoms with E-state index in [1.807, 2.05) is 12.1 Å². The Morgan fingerprint density at radius 2 is 1.77 bits per heavy atom. The number of Topliss-reactive ketones (excluding diaryl/α,β-unsaturated/α-hetero) is 1. The van der Waals surface area contributed by atoms with Gasteiger partial charge in [0.15, 0.2) is 5.78 Å². The Kier molecular flexibility index (Phi) is 5.66. The van der Waals surface area contributed by atoms with Crippen molar-refractivity contribution in [2.75, 3.05) is 0 Å². The van der Waals surface area contributed by atoms with E-state index in [0.29, 0.717) is 0 Å². The smallest absolute Gasteiger partial charge is 0.250 e. The zero-order valence-corrected chi connectivity index (χ0v) is 19.9. The van der Waals surface area contributed by atoms with E-state index in [1.54, 1.807) is 0 Å². The lowest BCUT2D eigenvalue weighted by molar-refractivity contribution is 0.0917. The van der Waals surface area contributed by atoms with E-state index in [9.17, 15) is 4.79 Å². The molecular formula is C22H34O2Si2. The van der Waals surface area contributed by atoms with Gasteiger partial charge in [0.2, 0.25) is 8.32 Å². The van der Waals surface area contributed by atoms with E-state index in [0.717, 1.165) is 23.3 Å². The second-order valence-corrected chi connectivity index (χ2v) is 19.6. The van der Waals surface area contributed by atoms with Gasteiger partial charge in [0.1, 0.15) is 13.8 Å². The van der Waals surface area contributed by atoms with Crippen molar-refractivity contribution in [2.45, 2.75) is 71.9 Å². The van der Waals surface area contributed by atoms with Crippen LogP contribution in [0.25, 0.3) is 0 Å². The zero-order chi connectivity index (χ0) is 19.9. The number of carbonyl (C=O) groups is 1. The second-order valence-electron chi connectivity index (χ2n) is 10.2. The largest absolute Gasteiger partial charge is 0.543 e. The molecule has 1 aliphatic rings. The first-order valence-electron chi connectivity index (χ1n) is 9.60. The molecule has 0 aromatic heterocycles. The summed E-state index contributed by atoms with van der Waals surface area (Å²) in [5, 5.41) is 0.138. The molecule has 0 aliphatic heterocycles. The van der Waals surface area contributed by atoms with Crippen LogP contribution in [0.1, 0.15) is 43.6 Å². The lowest BCUT2D eigenvalue weighted by atomic mass is 9.91. The molecule has 26 heavy (non-hydrogen) atoms. The number of carbonyl (C=O) groups excluding carboxylic acids is 1. The topological polar surface area (TPSA) is 26.3 Å². The van der Waals surface area contributed by atoms with Crippen LogP contribution in [-0.2, 0) is 6.42 Å². The maximum Gasteiger partial charge on any atom is 0.250 e. The van der Waals surface area contributed by atoms with Crippen molar-refractivity contribution in [1.82, 2.24) is 0 Å². The molecule has 2 nitrogen and oxygen atoms in total. The predicted molar refractivity (Wildman–Crippen MR) is 116 cm³/mol. The number of benzene rings is 1. The lowest BCUT2D eigenvalue weighted by Gasteiger charge is -2.36. The molecule has 1 aromatic carbocycles. The fourth-order valence-corrected chi connectivity index (χ4v) is 4.52. The second kappa shape index (κ2) is 7.01. The van der Waals surface area contributed by atoms with Crippen molar-refractivity contribution in [1.29, 1.82) is 0 Å². The van der Waals surface area contributed by atoms with Gasteiger partial charge >= 0.3 is 0 Å². The van der Waals surface area contributed by atoms with Gasteiger partial charge in [-0.3, -0.25) is 4.79 Å². The maximum atomic E-state index is 13.0. The van der Waals surface area contributed by atoms with Crippen LogP contribution in [0.2, 0.25) is 37.8 Å². The Hall–Kier alpha value is -1.32. The van der Waals surface area contributed by atoms with Gasteiger partial charge in [-0.15, -0.1) is 11.5 Å². The van der Waals surface area contributed by atoms with E-state index >= 15 is 0 Å². The standard InChI is InChI=1S/C22H34O2Si2/c1-16(12-13-25(5,6)7)19-14-17-10-11-18(15-20(17)21(19)23)24-26(8,9)22(2,3)4/h10-11,15-16,19H,14H2,1-9H3. The van der Waals surface area contributed by atoms with Crippen molar-refractivity contribution in [3.05, 3.63) is 29.3 Å². The first kappa shape index (κ1) is 21.0. The molecule has 0 spiro atoms. The molecule has 0 heterocycles. The van der Waals surface area contributed by atoms with Gasteiger partial charge in [-0.05, 0) is 42.2 Å². The van der Waals surface area contributed by atoms with Crippen LogP contribution in [0.5, 0.6) is 5.75 Å². The highest BCUT2D eigenvalue weighted by atomic mass is 28.4. The Labute approximate surface area is 161 Å². The molecule has 1 aromatic rings. The summed E-state index contributed by atoms with van der Waals surface area (Å²) in [5.74, 6) is 4.53. The summed E-state index contributed by atoms with van der Waals surface area (Å²) in [7, 11) is -3.32. The minimum absolute atomic E-state index is 0.0167. The van der Waals surface area contributed by atoms with Gasteiger partial charge in [-0.2, -0.15) is 0 Å². The number of rotatable bonds is 3. The van der Waals surface area contributed by atoms with Crippen LogP contribution >= 0.6 is 0 Å². The van der Waals surface area contributed by atoms with Crippen LogP contribution in [0, 0.1) is 23.3 Å². The third-order valence-corrected chi connectivity index (χ3v) is 10.8. The molecule has 2 atom stereocenters. The van der Waals surface area contributed by atoms with Crippen molar-refractivity contribution in [2.24, 2.45) is 11.8 Å². The average molecular weight is 387 g/mol. The highest BCUT2D eigenvalue weighted by molar-refractivity contribution is 6.83. The molecule has 0 saturated heterocycles. The molecule has 0 saturated carbocycles. The van der Waals surface area contributed by atoms with Gasteiger partial charge < -0.3 is 4.43 Å². The predicted octanol–water partition coefficient (Wildman–Crippen LogP) is 5.94. The zero-order valence-electron chi connectivity index (χ0n) is 17.9. The van der Waals surface area contributed by atoms with E-state index < -0.39 is 16.4 Å². The molecule has 0 amide bonds. The summed E-state index contributed by atoms with van der Waals surface area (Å²) in [6, 6.07) is 6.08. The number of fused-ring (bicyclic) bond motifs is 1. The molecule has 0 fully saturated rings. The SMILES string of the molecule is CC(C#C[Si](C)(C)C)C1Cc2ccc(O[Si](C)(C)C(C)(C)C)cc2C1=O. The van der Waals surface area contributed by atoms with Crippen LogP contribution in [-0.4, -0.2) is 22.2 Å². The molecule has 1 aliphatic carbocycles. The first-order valence-corrected chi connectivity index (χ1v) is 16.0. The molecule has 2 rings (SSSR count). The summed E-state index contributed by atoms with van der Waals surface area (Å²) >= 11 is 0. The van der Waals surface area contributed by atoms with Gasteiger partial charge in [0.25, 0.3) is 0 Å². The van der Waals surface area contributed by atoms with Crippen molar-refractivity contribution < 1.29 is 9.22 Å². The van der Waals surface area contributed by atoms with Crippen LogP contribution in [0.15, 0.2) is 18.2 Å². The fraction of sp³-hybridized carbons (Fsp3) is 0.591. The lowest BCUT2D eigenvalue weighted by Crippen LogP contribution is -2.43. The van der Waals surface area contributed by atoms with Crippen LogP contribution in [0.4, 0.5) is 0 Å². The molecule has 4 heteroatoms. The average Bonchev–Trinajstić information content (AvgIpc) is 2.80. The molecule has 0 N–H and O–H groups in total. The third kappa shape index (κ3) is 4.69. The monoisotopic (exact) mass is 386 g/mol. The van der Waals surface area contributed by atoms with Crippen molar-refractivity contribution >= 4 is 22.2 Å². The Bertz CT molecular complexity index is 755. The van der Waals surface area contributed by atoms with Gasteiger partial charge in [0.05, 0.1) is 0 Å². The Morgan fingerprint density at radius 3 is 2.31 bits per heavy atom. The van der Waals surface area contributed by atoms with E-state index in [4.69, 9.17) is 4.43 Å². The Balaban J connectivity index is 2.22. The highest BCUT2D eigenvalue weighted by Gasteiger charge is 2.40. The minimum Gasteiger partial charge on any atom is -0.543 e. The molecular weight excluding hydrogens is 352 g/mol. The molecule has 142 valence electrons. The summed E-state index contributed by atoms with van der Waals surface area (Å²) in [6.07, 6.45) is 0.802. The molecule has 0 bridgehead atoms. The van der Waals surface area contributed by atoms with E-state index in [2.05, 4.69) is 78.0 Å². The van der Waals surface area contributed by atoms with Gasteiger partial charge in [-0.1, -0.05) is 53.4 Å². The van der Waals surface area contributed by atoms with Crippen molar-refractivity contribution in [3.63, 3.8) is 0 Å². The van der Waals surface area contributed by atoms with Crippen LogP contribution in [0.3, 0.4) is 0 Å². The fourth-order valence-electron chi connectivity index (χ4n) is 2.84. The summed E-state index contributed by atoms with van der Waals surface area (Å²) in [6.45, 7) is 20.0. The minimum atomic E-state index is -1.90.